The highest BCUT2D eigenvalue weighted by Crippen LogP contribution is 2.20. The number of hydrogen-bond donors (Lipinski definition) is 1. The van der Waals surface area contributed by atoms with E-state index in [-0.39, 0.29) is 5.91 Å². The molecule has 0 aliphatic rings. The van der Waals surface area contributed by atoms with Crippen molar-refractivity contribution in [3.8, 4) is 10.7 Å². The molecule has 0 saturated carbocycles. The van der Waals surface area contributed by atoms with E-state index in [4.69, 9.17) is 0 Å². The first-order valence-corrected chi connectivity index (χ1v) is 8.51. The fourth-order valence-electron chi connectivity index (χ4n) is 2.39. The molecule has 0 saturated heterocycles. The second kappa shape index (κ2) is 6.40. The Kier molecular flexibility index (Phi) is 3.95. The van der Waals surface area contributed by atoms with Crippen LogP contribution in [0.2, 0.25) is 0 Å². The van der Waals surface area contributed by atoms with Crippen molar-refractivity contribution in [2.75, 3.05) is 0 Å². The first-order valence-electron chi connectivity index (χ1n) is 7.63. The van der Waals surface area contributed by atoms with Crippen molar-refractivity contribution < 1.29 is 4.79 Å². The van der Waals surface area contributed by atoms with Crippen molar-refractivity contribution in [3.63, 3.8) is 0 Å². The molecule has 0 fully saturated rings. The fourth-order valence-corrected chi connectivity index (χ4v) is 3.17. The number of aryl methyl sites for hydroxylation is 1. The summed E-state index contributed by atoms with van der Waals surface area (Å²) in [5.41, 5.74) is 3.74. The van der Waals surface area contributed by atoms with Gasteiger partial charge in [0, 0.05) is 30.2 Å². The summed E-state index contributed by atoms with van der Waals surface area (Å²) < 4.78 is 1.85. The number of nitrogens with one attached hydrogen (secondary N) is 1. The highest BCUT2D eigenvalue weighted by Gasteiger charge is 2.12. The zero-order valence-corrected chi connectivity index (χ0v) is 14.2. The maximum atomic E-state index is 12.3. The molecule has 0 unspecified atom stereocenters. The van der Waals surface area contributed by atoms with E-state index in [1.54, 1.807) is 24.8 Å². The Hall–Kier alpha value is -3.13. The summed E-state index contributed by atoms with van der Waals surface area (Å²) in [5.74, 6) is -0.226. The molecule has 0 aliphatic carbocycles. The second-order valence-corrected chi connectivity index (χ2v) is 6.37. The number of hydrogen-bond acceptors (Lipinski definition) is 6. The molecular formula is C17H14N6OS. The van der Waals surface area contributed by atoms with Crippen LogP contribution in [0.15, 0.2) is 48.5 Å². The molecule has 0 bridgehead atoms. The molecule has 124 valence electrons. The molecule has 0 radical (unpaired) electrons. The summed E-state index contributed by atoms with van der Waals surface area (Å²) in [6.07, 6.45) is 8.58. The van der Waals surface area contributed by atoms with Gasteiger partial charge in [0.1, 0.15) is 22.0 Å². The van der Waals surface area contributed by atoms with Gasteiger partial charge in [0.05, 0.1) is 18.4 Å². The van der Waals surface area contributed by atoms with Crippen LogP contribution in [0.5, 0.6) is 0 Å². The van der Waals surface area contributed by atoms with Crippen molar-refractivity contribution in [2.45, 2.75) is 13.5 Å². The summed E-state index contributed by atoms with van der Waals surface area (Å²) in [5, 5.41) is 5.53. The van der Waals surface area contributed by atoms with Crippen LogP contribution in [0.25, 0.3) is 16.3 Å². The summed E-state index contributed by atoms with van der Waals surface area (Å²) in [7, 11) is 0. The van der Waals surface area contributed by atoms with Gasteiger partial charge < -0.3 is 9.72 Å². The first kappa shape index (κ1) is 15.4. The number of aromatic nitrogens is 5. The van der Waals surface area contributed by atoms with E-state index in [1.807, 2.05) is 35.0 Å². The summed E-state index contributed by atoms with van der Waals surface area (Å²) in [6.45, 7) is 2.33. The Morgan fingerprint density at radius 1 is 1.24 bits per heavy atom. The molecule has 25 heavy (non-hydrogen) atoms. The molecule has 4 aromatic rings. The zero-order valence-electron chi connectivity index (χ0n) is 13.4. The van der Waals surface area contributed by atoms with Crippen LogP contribution >= 0.6 is 11.3 Å². The van der Waals surface area contributed by atoms with Crippen LogP contribution < -0.4 is 5.32 Å². The molecule has 1 N–H and O–H groups in total. The third-order valence-electron chi connectivity index (χ3n) is 3.60. The number of carbonyl (C=O) groups excluding carboxylic acids is 1. The Morgan fingerprint density at radius 2 is 2.16 bits per heavy atom. The van der Waals surface area contributed by atoms with Crippen LogP contribution in [0, 0.1) is 6.92 Å². The quantitative estimate of drug-likeness (QED) is 0.611. The average molecular weight is 350 g/mol. The maximum absolute atomic E-state index is 12.3. The van der Waals surface area contributed by atoms with Crippen LogP contribution in [0.3, 0.4) is 0 Å². The highest BCUT2D eigenvalue weighted by molar-refractivity contribution is 7.13. The van der Waals surface area contributed by atoms with E-state index in [2.05, 4.69) is 25.3 Å². The SMILES string of the molecule is Cc1ccc2nc(C(=O)NCc3csc(-c4cnccn4)n3)cn2c1. The molecule has 0 aromatic carbocycles. The Balaban J connectivity index is 1.45. The molecule has 4 heterocycles. The molecule has 8 heteroatoms. The van der Waals surface area contributed by atoms with Crippen molar-refractivity contribution in [1.29, 1.82) is 0 Å². The smallest absolute Gasteiger partial charge is 0.271 e. The van der Waals surface area contributed by atoms with Gasteiger partial charge in [-0.1, -0.05) is 6.07 Å². The largest absolute Gasteiger partial charge is 0.345 e. The lowest BCUT2D eigenvalue weighted by Crippen LogP contribution is -2.23. The molecule has 7 nitrogen and oxygen atoms in total. The highest BCUT2D eigenvalue weighted by atomic mass is 32.1. The van der Waals surface area contributed by atoms with Crippen LogP contribution in [0.4, 0.5) is 0 Å². The first-order chi connectivity index (χ1) is 12.2. The van der Waals surface area contributed by atoms with E-state index in [9.17, 15) is 4.79 Å². The number of pyridine rings is 1. The summed E-state index contributed by atoms with van der Waals surface area (Å²) in [6, 6.07) is 3.85. The molecule has 0 spiro atoms. The molecule has 0 atom stereocenters. The Bertz CT molecular complexity index is 1040. The van der Waals surface area contributed by atoms with Crippen molar-refractivity contribution in [2.24, 2.45) is 0 Å². The third kappa shape index (κ3) is 3.24. The average Bonchev–Trinajstić information content (AvgIpc) is 3.27. The molecule has 0 aliphatic heterocycles. The molecule has 4 aromatic heterocycles. The minimum atomic E-state index is -0.226. The number of nitrogens with zero attached hydrogens (tertiary/aromatic N) is 5. The van der Waals surface area contributed by atoms with Crippen molar-refractivity contribution in [3.05, 3.63) is 65.4 Å². The van der Waals surface area contributed by atoms with Gasteiger partial charge in [0.15, 0.2) is 0 Å². The van der Waals surface area contributed by atoms with Gasteiger partial charge in [-0.15, -0.1) is 11.3 Å². The van der Waals surface area contributed by atoms with Crippen molar-refractivity contribution in [1.82, 2.24) is 29.7 Å². The van der Waals surface area contributed by atoms with Gasteiger partial charge in [-0.05, 0) is 18.6 Å². The van der Waals surface area contributed by atoms with Gasteiger partial charge in [-0.25, -0.2) is 9.97 Å². The normalized spacial score (nSPS) is 10.9. The van der Waals surface area contributed by atoms with Gasteiger partial charge in [-0.2, -0.15) is 0 Å². The maximum Gasteiger partial charge on any atom is 0.271 e. The lowest BCUT2D eigenvalue weighted by molar-refractivity contribution is 0.0946. The number of rotatable bonds is 4. The monoisotopic (exact) mass is 350 g/mol. The summed E-state index contributed by atoms with van der Waals surface area (Å²) >= 11 is 1.47. The Morgan fingerprint density at radius 3 is 3.00 bits per heavy atom. The van der Waals surface area contributed by atoms with Crippen molar-refractivity contribution >= 4 is 22.9 Å². The zero-order chi connectivity index (χ0) is 17.2. The summed E-state index contributed by atoms with van der Waals surface area (Å²) in [4.78, 5) is 29.4. The topological polar surface area (TPSA) is 85.1 Å². The van der Waals surface area contributed by atoms with Crippen LogP contribution in [-0.4, -0.2) is 30.2 Å². The fraction of sp³-hybridized carbons (Fsp3) is 0.118. The van der Waals surface area contributed by atoms with E-state index in [0.717, 1.165) is 27.6 Å². The lowest BCUT2D eigenvalue weighted by atomic mass is 10.3. The van der Waals surface area contributed by atoms with Gasteiger partial charge in [0.25, 0.3) is 5.91 Å². The Labute approximate surface area is 147 Å². The number of thiazole rings is 1. The minimum absolute atomic E-state index is 0.226. The van der Waals surface area contributed by atoms with Crippen LogP contribution in [0.1, 0.15) is 21.7 Å². The number of carbonyl (C=O) groups is 1. The molecular weight excluding hydrogens is 336 g/mol. The predicted octanol–water partition coefficient (Wildman–Crippen LogP) is 2.49. The van der Waals surface area contributed by atoms with E-state index >= 15 is 0 Å². The lowest BCUT2D eigenvalue weighted by Gasteiger charge is -1.99. The number of imidazole rings is 1. The standard InChI is InChI=1S/C17H14N6OS/c1-11-2-3-15-22-14(9-23(15)8-11)16(24)20-6-12-10-25-17(21-12)13-7-18-4-5-19-13/h2-5,7-10H,6H2,1H3,(H,20,24). The molecule has 1 amide bonds. The number of fused-ring (bicyclic) bond motifs is 1. The molecule has 4 rings (SSSR count). The second-order valence-electron chi connectivity index (χ2n) is 5.52. The van der Waals surface area contributed by atoms with E-state index in [0.29, 0.717) is 12.2 Å². The van der Waals surface area contributed by atoms with E-state index in [1.165, 1.54) is 11.3 Å². The minimum Gasteiger partial charge on any atom is -0.345 e. The van der Waals surface area contributed by atoms with Gasteiger partial charge >= 0.3 is 0 Å². The van der Waals surface area contributed by atoms with Gasteiger partial charge in [-0.3, -0.25) is 14.8 Å². The third-order valence-corrected chi connectivity index (χ3v) is 4.51. The predicted molar refractivity (Wildman–Crippen MR) is 94.2 cm³/mol. The van der Waals surface area contributed by atoms with E-state index < -0.39 is 0 Å². The number of amides is 1. The van der Waals surface area contributed by atoms with Crippen LogP contribution in [-0.2, 0) is 6.54 Å². The van der Waals surface area contributed by atoms with Gasteiger partial charge in [0.2, 0.25) is 0 Å².